The molecule has 2 nitrogen and oxygen atoms in total. The van der Waals surface area contributed by atoms with E-state index in [1.807, 2.05) is 6.07 Å². The molecule has 0 heterocycles. The van der Waals surface area contributed by atoms with Crippen molar-refractivity contribution in [3.05, 3.63) is 28.8 Å². The molecule has 0 aromatic heterocycles. The predicted molar refractivity (Wildman–Crippen MR) is 77.3 cm³/mol. The monoisotopic (exact) mass is 290 g/mol. The van der Waals surface area contributed by atoms with Gasteiger partial charge >= 0.3 is 0 Å². The van der Waals surface area contributed by atoms with E-state index < -0.39 is 6.43 Å². The van der Waals surface area contributed by atoms with E-state index in [9.17, 15) is 8.78 Å². The van der Waals surface area contributed by atoms with Gasteiger partial charge in [0.15, 0.2) is 0 Å². The highest BCUT2D eigenvalue weighted by atomic mass is 35.5. The maximum absolute atomic E-state index is 12.5. The van der Waals surface area contributed by atoms with Crippen LogP contribution in [-0.4, -0.2) is 26.6 Å². The fraction of sp³-hybridized carbons (Fsp3) is 0.571. The van der Waals surface area contributed by atoms with Crippen LogP contribution in [0.15, 0.2) is 18.2 Å². The third kappa shape index (κ3) is 5.33. The molecule has 1 rings (SSSR count). The number of rotatable bonds is 7. The highest BCUT2D eigenvalue weighted by Crippen LogP contribution is 2.27. The second-order valence-electron chi connectivity index (χ2n) is 5.03. The van der Waals surface area contributed by atoms with Gasteiger partial charge < -0.3 is 10.2 Å². The van der Waals surface area contributed by atoms with Crippen molar-refractivity contribution in [2.24, 2.45) is 5.92 Å². The van der Waals surface area contributed by atoms with Gasteiger partial charge in [-0.1, -0.05) is 31.5 Å². The maximum atomic E-state index is 12.5. The Kier molecular flexibility index (Phi) is 6.52. The first kappa shape index (κ1) is 16.2. The summed E-state index contributed by atoms with van der Waals surface area (Å²) in [4.78, 5) is 1.54. The molecule has 0 aliphatic carbocycles. The van der Waals surface area contributed by atoms with Gasteiger partial charge in [-0.2, -0.15) is 0 Å². The van der Waals surface area contributed by atoms with Crippen molar-refractivity contribution < 1.29 is 8.78 Å². The smallest absolute Gasteiger partial charge is 0.255 e. The van der Waals surface area contributed by atoms with Crippen molar-refractivity contribution in [2.75, 3.05) is 25.0 Å². The molecular weight excluding hydrogens is 270 g/mol. The molecule has 0 unspecified atom stereocenters. The fourth-order valence-electron chi connectivity index (χ4n) is 1.87. The van der Waals surface area contributed by atoms with Crippen molar-refractivity contribution in [1.82, 2.24) is 5.32 Å². The van der Waals surface area contributed by atoms with E-state index in [0.717, 1.165) is 17.8 Å². The summed E-state index contributed by atoms with van der Waals surface area (Å²) >= 11 is 6.17. The van der Waals surface area contributed by atoms with Gasteiger partial charge in [-0.3, -0.25) is 0 Å². The Morgan fingerprint density at radius 3 is 2.58 bits per heavy atom. The maximum Gasteiger partial charge on any atom is 0.255 e. The summed E-state index contributed by atoms with van der Waals surface area (Å²) in [5.41, 5.74) is 1.62. The normalized spacial score (nSPS) is 11.4. The lowest BCUT2D eigenvalue weighted by Gasteiger charge is -2.23. The molecule has 0 bridgehead atoms. The molecule has 0 amide bonds. The average molecular weight is 291 g/mol. The second-order valence-corrected chi connectivity index (χ2v) is 5.44. The van der Waals surface area contributed by atoms with E-state index in [-0.39, 0.29) is 6.54 Å². The van der Waals surface area contributed by atoms with Gasteiger partial charge in [0.05, 0.1) is 6.54 Å². The van der Waals surface area contributed by atoms with Gasteiger partial charge in [-0.25, -0.2) is 8.78 Å². The van der Waals surface area contributed by atoms with Crippen molar-refractivity contribution in [2.45, 2.75) is 26.8 Å². The average Bonchev–Trinajstić information content (AvgIpc) is 2.29. The quantitative estimate of drug-likeness (QED) is 0.822. The van der Waals surface area contributed by atoms with E-state index in [0.29, 0.717) is 17.5 Å². The zero-order valence-corrected chi connectivity index (χ0v) is 12.3. The Morgan fingerprint density at radius 2 is 2.00 bits per heavy atom. The Bertz CT molecular complexity index is 397. The zero-order chi connectivity index (χ0) is 14.4. The summed E-state index contributed by atoms with van der Waals surface area (Å²) in [7, 11) is 1.66. The number of anilines is 1. The van der Waals surface area contributed by atoms with Crippen LogP contribution in [0.25, 0.3) is 0 Å². The van der Waals surface area contributed by atoms with Gasteiger partial charge in [0.2, 0.25) is 0 Å². The Balaban J connectivity index is 2.82. The standard InChI is InChI=1S/C14H21ClF2N2/c1-10(2)7-18-8-11-12(15)5-4-6-13(11)19(3)9-14(16)17/h4-6,10,14,18H,7-9H2,1-3H3. The molecule has 0 aliphatic heterocycles. The molecule has 0 saturated carbocycles. The molecule has 0 atom stereocenters. The van der Waals surface area contributed by atoms with Gasteiger partial charge in [0.1, 0.15) is 0 Å². The summed E-state index contributed by atoms with van der Waals surface area (Å²) in [6.45, 7) is 5.38. The fourth-order valence-corrected chi connectivity index (χ4v) is 2.11. The van der Waals surface area contributed by atoms with Crippen LogP contribution >= 0.6 is 11.6 Å². The third-order valence-corrected chi connectivity index (χ3v) is 3.13. The summed E-state index contributed by atoms with van der Waals surface area (Å²) in [5.74, 6) is 0.532. The van der Waals surface area contributed by atoms with E-state index in [4.69, 9.17) is 11.6 Å². The van der Waals surface area contributed by atoms with Crippen LogP contribution in [0.4, 0.5) is 14.5 Å². The zero-order valence-electron chi connectivity index (χ0n) is 11.6. The van der Waals surface area contributed by atoms with Crippen molar-refractivity contribution in [3.8, 4) is 0 Å². The van der Waals surface area contributed by atoms with Crippen LogP contribution in [-0.2, 0) is 6.54 Å². The van der Waals surface area contributed by atoms with Crippen LogP contribution in [0.3, 0.4) is 0 Å². The second kappa shape index (κ2) is 7.65. The summed E-state index contributed by atoms with van der Waals surface area (Å²) in [6.07, 6.45) is -2.36. The number of hydrogen-bond acceptors (Lipinski definition) is 2. The molecule has 5 heteroatoms. The minimum absolute atomic E-state index is 0.294. The lowest BCUT2D eigenvalue weighted by atomic mass is 10.1. The highest BCUT2D eigenvalue weighted by Gasteiger charge is 2.14. The van der Waals surface area contributed by atoms with E-state index in [2.05, 4.69) is 19.2 Å². The van der Waals surface area contributed by atoms with Crippen LogP contribution in [0, 0.1) is 5.92 Å². The SMILES string of the molecule is CC(C)CNCc1c(Cl)cccc1N(C)CC(F)F. The van der Waals surface area contributed by atoms with E-state index in [1.165, 1.54) is 0 Å². The van der Waals surface area contributed by atoms with Gasteiger partial charge in [-0.15, -0.1) is 0 Å². The number of alkyl halides is 2. The molecule has 1 N–H and O–H groups in total. The first-order valence-corrected chi connectivity index (χ1v) is 6.77. The molecule has 0 radical (unpaired) electrons. The first-order valence-electron chi connectivity index (χ1n) is 6.39. The lowest BCUT2D eigenvalue weighted by Crippen LogP contribution is -2.27. The molecule has 0 saturated heterocycles. The topological polar surface area (TPSA) is 15.3 Å². The van der Waals surface area contributed by atoms with Gasteiger partial charge in [-0.05, 0) is 24.6 Å². The molecule has 1 aromatic rings. The highest BCUT2D eigenvalue weighted by molar-refractivity contribution is 6.31. The molecule has 108 valence electrons. The Labute approximate surface area is 118 Å². The summed E-state index contributed by atoms with van der Waals surface area (Å²) in [5, 5.41) is 3.90. The van der Waals surface area contributed by atoms with Crippen LogP contribution in [0.5, 0.6) is 0 Å². The number of halogens is 3. The minimum Gasteiger partial charge on any atom is -0.369 e. The molecular formula is C14H21ClF2N2. The van der Waals surface area contributed by atoms with Crippen molar-refractivity contribution in [3.63, 3.8) is 0 Å². The Hall–Kier alpha value is -0.870. The van der Waals surface area contributed by atoms with E-state index in [1.54, 1.807) is 24.1 Å². The van der Waals surface area contributed by atoms with Crippen molar-refractivity contribution in [1.29, 1.82) is 0 Å². The lowest BCUT2D eigenvalue weighted by molar-refractivity contribution is 0.156. The summed E-state index contributed by atoms with van der Waals surface area (Å²) in [6, 6.07) is 5.39. The predicted octanol–water partition coefficient (Wildman–Crippen LogP) is 3.79. The molecule has 0 spiro atoms. The largest absolute Gasteiger partial charge is 0.369 e. The minimum atomic E-state index is -2.36. The molecule has 1 aromatic carbocycles. The van der Waals surface area contributed by atoms with Crippen molar-refractivity contribution >= 4 is 17.3 Å². The van der Waals surface area contributed by atoms with Crippen LogP contribution < -0.4 is 10.2 Å². The number of benzene rings is 1. The molecule has 19 heavy (non-hydrogen) atoms. The molecule has 0 aliphatic rings. The van der Waals surface area contributed by atoms with Gasteiger partial charge in [0, 0.05) is 29.9 Å². The third-order valence-electron chi connectivity index (χ3n) is 2.77. The number of hydrogen-bond donors (Lipinski definition) is 1. The Morgan fingerprint density at radius 1 is 1.32 bits per heavy atom. The van der Waals surface area contributed by atoms with E-state index >= 15 is 0 Å². The number of nitrogens with one attached hydrogen (secondary N) is 1. The summed E-state index contributed by atoms with van der Waals surface area (Å²) < 4.78 is 24.9. The van der Waals surface area contributed by atoms with Crippen LogP contribution in [0.1, 0.15) is 19.4 Å². The molecule has 0 fully saturated rings. The first-order chi connectivity index (χ1) is 8.91. The number of nitrogens with zero attached hydrogens (tertiary/aromatic N) is 1. The van der Waals surface area contributed by atoms with Gasteiger partial charge in [0.25, 0.3) is 6.43 Å². The van der Waals surface area contributed by atoms with Crippen LogP contribution in [0.2, 0.25) is 5.02 Å².